The van der Waals surface area contributed by atoms with Gasteiger partial charge in [0.15, 0.2) is 0 Å². The van der Waals surface area contributed by atoms with Gasteiger partial charge in [-0.3, -0.25) is 4.90 Å². The first-order valence-corrected chi connectivity index (χ1v) is 7.61. The van der Waals surface area contributed by atoms with Crippen LogP contribution in [0.3, 0.4) is 0 Å². The van der Waals surface area contributed by atoms with Gasteiger partial charge in [-0.05, 0) is 25.9 Å². The zero-order valence-corrected chi connectivity index (χ0v) is 13.1. The molecular formula is C15H27N5. The fourth-order valence-corrected chi connectivity index (χ4v) is 2.85. The summed E-state index contributed by atoms with van der Waals surface area (Å²) in [5, 5.41) is 0. The lowest BCUT2D eigenvalue weighted by Gasteiger charge is -2.28. The van der Waals surface area contributed by atoms with Gasteiger partial charge < -0.3 is 10.6 Å². The van der Waals surface area contributed by atoms with Crippen molar-refractivity contribution in [1.29, 1.82) is 0 Å². The number of nitrogens with zero attached hydrogens (tertiary/aromatic N) is 4. The summed E-state index contributed by atoms with van der Waals surface area (Å²) in [6.07, 6.45) is 2.57. The summed E-state index contributed by atoms with van der Waals surface area (Å²) in [6, 6.07) is 2.50. The lowest BCUT2D eigenvalue weighted by Crippen LogP contribution is -2.39. The number of nitrogen functional groups attached to an aromatic ring is 1. The molecule has 5 heteroatoms. The zero-order chi connectivity index (χ0) is 14.7. The second kappa shape index (κ2) is 6.39. The van der Waals surface area contributed by atoms with Crippen LogP contribution in [-0.4, -0.2) is 47.6 Å². The maximum absolute atomic E-state index is 5.91. The van der Waals surface area contributed by atoms with Crippen molar-refractivity contribution in [3.05, 3.63) is 11.9 Å². The van der Waals surface area contributed by atoms with E-state index in [2.05, 4.69) is 47.6 Å². The maximum Gasteiger partial charge on any atom is 0.135 e. The third-order valence-corrected chi connectivity index (χ3v) is 4.05. The summed E-state index contributed by atoms with van der Waals surface area (Å²) in [7, 11) is 2.10. The molecule has 2 heterocycles. The van der Waals surface area contributed by atoms with Gasteiger partial charge in [-0.25, -0.2) is 9.97 Å². The highest BCUT2D eigenvalue weighted by Crippen LogP contribution is 2.21. The zero-order valence-electron chi connectivity index (χ0n) is 13.1. The van der Waals surface area contributed by atoms with Crippen LogP contribution in [0.1, 0.15) is 45.4 Å². The summed E-state index contributed by atoms with van der Waals surface area (Å²) < 4.78 is 0. The fraction of sp³-hybridized carbons (Fsp3) is 0.733. The Morgan fingerprint density at radius 3 is 2.85 bits per heavy atom. The monoisotopic (exact) mass is 277 g/mol. The highest BCUT2D eigenvalue weighted by molar-refractivity contribution is 5.46. The Morgan fingerprint density at radius 1 is 1.45 bits per heavy atom. The molecule has 20 heavy (non-hydrogen) atoms. The normalized spacial score (nSPS) is 19.8. The van der Waals surface area contributed by atoms with Crippen LogP contribution < -0.4 is 10.6 Å². The van der Waals surface area contributed by atoms with Gasteiger partial charge >= 0.3 is 0 Å². The van der Waals surface area contributed by atoms with Crippen molar-refractivity contribution in [3.63, 3.8) is 0 Å². The number of hydrogen-bond donors (Lipinski definition) is 1. The van der Waals surface area contributed by atoms with Crippen LogP contribution in [0.2, 0.25) is 0 Å². The van der Waals surface area contributed by atoms with E-state index in [1.807, 2.05) is 6.07 Å². The molecule has 1 fully saturated rings. The van der Waals surface area contributed by atoms with Gasteiger partial charge in [0.25, 0.3) is 0 Å². The number of hydrogen-bond acceptors (Lipinski definition) is 5. The third-order valence-electron chi connectivity index (χ3n) is 4.05. The molecule has 112 valence electrons. The number of likely N-dealkylation sites (tertiary alicyclic amines) is 1. The summed E-state index contributed by atoms with van der Waals surface area (Å²) in [5.41, 5.74) is 5.91. The van der Waals surface area contributed by atoms with E-state index in [4.69, 9.17) is 5.73 Å². The number of aromatic nitrogens is 2. The molecule has 0 bridgehead atoms. The van der Waals surface area contributed by atoms with E-state index in [0.29, 0.717) is 17.8 Å². The van der Waals surface area contributed by atoms with Crippen molar-refractivity contribution in [2.24, 2.45) is 0 Å². The van der Waals surface area contributed by atoms with E-state index in [9.17, 15) is 0 Å². The Bertz CT molecular complexity index is 446. The molecule has 5 nitrogen and oxygen atoms in total. The van der Waals surface area contributed by atoms with E-state index in [1.165, 1.54) is 19.4 Å². The molecule has 2 N–H and O–H groups in total. The molecule has 1 aromatic heterocycles. The van der Waals surface area contributed by atoms with Gasteiger partial charge in [-0.2, -0.15) is 0 Å². The molecule has 1 unspecified atom stereocenters. The van der Waals surface area contributed by atoms with Gasteiger partial charge in [-0.1, -0.05) is 20.8 Å². The van der Waals surface area contributed by atoms with E-state index in [1.54, 1.807) is 0 Å². The highest BCUT2D eigenvalue weighted by Gasteiger charge is 2.24. The summed E-state index contributed by atoms with van der Waals surface area (Å²) in [4.78, 5) is 13.7. The smallest absolute Gasteiger partial charge is 0.135 e. The Kier molecular flexibility index (Phi) is 4.81. The average Bonchev–Trinajstić information content (AvgIpc) is 2.85. The van der Waals surface area contributed by atoms with Gasteiger partial charge in [0.2, 0.25) is 0 Å². The van der Waals surface area contributed by atoms with Crippen molar-refractivity contribution < 1.29 is 0 Å². The second-order valence-electron chi connectivity index (χ2n) is 5.97. The average molecular weight is 277 g/mol. The first-order chi connectivity index (χ1) is 9.51. The van der Waals surface area contributed by atoms with Gasteiger partial charge in [-0.15, -0.1) is 0 Å². The molecule has 1 atom stereocenters. The molecule has 0 aromatic carbocycles. The number of anilines is 2. The number of rotatable bonds is 5. The van der Waals surface area contributed by atoms with E-state index < -0.39 is 0 Å². The van der Waals surface area contributed by atoms with Crippen molar-refractivity contribution in [3.8, 4) is 0 Å². The Balaban J connectivity index is 2.10. The summed E-state index contributed by atoms with van der Waals surface area (Å²) in [6.45, 7) is 9.77. The van der Waals surface area contributed by atoms with Crippen molar-refractivity contribution in [2.75, 3.05) is 37.3 Å². The lowest BCUT2D eigenvalue weighted by molar-refractivity contribution is 0.270. The standard InChI is InChI=1S/C15H27N5/c1-5-20-8-6-7-12(20)10-19(4)14-9-13(16)17-15(18-14)11(2)3/h9,11-12H,5-8,10H2,1-4H3,(H2,16,17,18). The lowest BCUT2D eigenvalue weighted by atomic mass is 10.2. The fourth-order valence-electron chi connectivity index (χ4n) is 2.85. The van der Waals surface area contributed by atoms with Crippen LogP contribution in [-0.2, 0) is 0 Å². The SMILES string of the molecule is CCN1CCCC1CN(C)c1cc(N)nc(C(C)C)n1. The first-order valence-electron chi connectivity index (χ1n) is 7.61. The molecule has 0 saturated carbocycles. The van der Waals surface area contributed by atoms with Gasteiger partial charge in [0.05, 0.1) is 0 Å². The highest BCUT2D eigenvalue weighted by atomic mass is 15.2. The molecule has 1 saturated heterocycles. The van der Waals surface area contributed by atoms with E-state index in [0.717, 1.165) is 24.7 Å². The van der Waals surface area contributed by atoms with Crippen LogP contribution >= 0.6 is 0 Å². The Hall–Kier alpha value is -1.36. The Morgan fingerprint density at radius 2 is 2.20 bits per heavy atom. The minimum atomic E-state index is 0.296. The molecular weight excluding hydrogens is 250 g/mol. The molecule has 0 amide bonds. The van der Waals surface area contributed by atoms with Gasteiger partial charge in [0.1, 0.15) is 17.5 Å². The molecule has 0 spiro atoms. The summed E-state index contributed by atoms with van der Waals surface area (Å²) in [5.74, 6) is 2.61. The van der Waals surface area contributed by atoms with Crippen LogP contribution in [0, 0.1) is 0 Å². The molecule has 1 aromatic rings. The maximum atomic E-state index is 5.91. The minimum Gasteiger partial charge on any atom is -0.384 e. The van der Waals surface area contributed by atoms with Crippen molar-refractivity contribution >= 4 is 11.6 Å². The topological polar surface area (TPSA) is 58.3 Å². The predicted molar refractivity (Wildman–Crippen MR) is 84.1 cm³/mol. The van der Waals surface area contributed by atoms with Crippen LogP contribution in [0.25, 0.3) is 0 Å². The largest absolute Gasteiger partial charge is 0.384 e. The van der Waals surface area contributed by atoms with Crippen LogP contribution in [0.4, 0.5) is 11.6 Å². The van der Waals surface area contributed by atoms with E-state index >= 15 is 0 Å². The molecule has 2 rings (SSSR count). The quantitative estimate of drug-likeness (QED) is 0.893. The number of likely N-dealkylation sites (N-methyl/N-ethyl adjacent to an activating group) is 2. The molecule has 1 aliphatic rings. The third kappa shape index (κ3) is 3.39. The Labute approximate surface area is 122 Å². The molecule has 0 aliphatic carbocycles. The minimum absolute atomic E-state index is 0.296. The number of nitrogens with two attached hydrogens (primary N) is 1. The van der Waals surface area contributed by atoms with Crippen LogP contribution in [0.15, 0.2) is 6.07 Å². The predicted octanol–water partition coefficient (Wildman–Crippen LogP) is 2.10. The first kappa shape index (κ1) is 15.0. The van der Waals surface area contributed by atoms with E-state index in [-0.39, 0.29) is 0 Å². The summed E-state index contributed by atoms with van der Waals surface area (Å²) >= 11 is 0. The molecule has 1 aliphatic heterocycles. The second-order valence-corrected chi connectivity index (χ2v) is 5.97. The molecule has 0 radical (unpaired) electrons. The van der Waals surface area contributed by atoms with Crippen LogP contribution in [0.5, 0.6) is 0 Å². The van der Waals surface area contributed by atoms with Crippen molar-refractivity contribution in [1.82, 2.24) is 14.9 Å². The van der Waals surface area contributed by atoms with Gasteiger partial charge in [0, 0.05) is 31.6 Å². The van der Waals surface area contributed by atoms with Crippen molar-refractivity contribution in [2.45, 2.75) is 45.6 Å².